The summed E-state index contributed by atoms with van der Waals surface area (Å²) in [7, 11) is 0. The van der Waals surface area contributed by atoms with Crippen LogP contribution >= 0.6 is 12.2 Å². The number of ether oxygens (including phenoxy) is 2. The second-order valence-electron chi connectivity index (χ2n) is 6.62. The smallest absolute Gasteiger partial charge is 0.274 e. The number of carbonyl (C=O) groups excluding carboxylic acids is 1. The minimum absolute atomic E-state index is 0.0146. The molecule has 164 valence electrons. The number of nitro benzene ring substituents is 1. The molecular weight excluding hydrogens is 430 g/mol. The van der Waals surface area contributed by atoms with E-state index in [1.54, 1.807) is 43.3 Å². The van der Waals surface area contributed by atoms with E-state index in [2.05, 4.69) is 10.6 Å². The maximum Gasteiger partial charge on any atom is 0.274 e. The second kappa shape index (κ2) is 10.9. The summed E-state index contributed by atoms with van der Waals surface area (Å²) < 4.78 is 11.3. The fraction of sp³-hybridized carbons (Fsp3) is 0.130. The van der Waals surface area contributed by atoms with Gasteiger partial charge in [-0.3, -0.25) is 20.2 Å². The third kappa shape index (κ3) is 6.02. The van der Waals surface area contributed by atoms with Crippen LogP contribution in [0.2, 0.25) is 0 Å². The summed E-state index contributed by atoms with van der Waals surface area (Å²) in [4.78, 5) is 23.3. The number of nitrogens with zero attached hydrogens (tertiary/aromatic N) is 1. The molecule has 32 heavy (non-hydrogen) atoms. The first-order valence-electron chi connectivity index (χ1n) is 9.71. The van der Waals surface area contributed by atoms with Crippen molar-refractivity contribution in [3.63, 3.8) is 0 Å². The van der Waals surface area contributed by atoms with Crippen LogP contribution in [-0.4, -0.2) is 29.2 Å². The molecule has 3 aromatic rings. The summed E-state index contributed by atoms with van der Waals surface area (Å²) >= 11 is 5.21. The standard InChI is InChI=1S/C23H21N3O5S/c1-16-19(11-7-12-20(16)26(28)29)24-23(32)25-22(27)18-10-5-6-13-21(18)31-15-14-30-17-8-3-2-4-9-17/h2-13H,14-15H2,1H3,(H2,24,25,27,32). The Bertz CT molecular complexity index is 1120. The Morgan fingerprint density at radius 3 is 2.41 bits per heavy atom. The van der Waals surface area contributed by atoms with Crippen molar-refractivity contribution in [2.24, 2.45) is 0 Å². The lowest BCUT2D eigenvalue weighted by molar-refractivity contribution is -0.385. The second-order valence-corrected chi connectivity index (χ2v) is 7.03. The number of amides is 1. The van der Waals surface area contributed by atoms with Gasteiger partial charge in [-0.25, -0.2) is 0 Å². The molecule has 0 aromatic heterocycles. The Kier molecular flexibility index (Phi) is 7.71. The lowest BCUT2D eigenvalue weighted by Crippen LogP contribution is -2.34. The Hall–Kier alpha value is -3.98. The summed E-state index contributed by atoms with van der Waals surface area (Å²) in [5, 5.41) is 16.5. The van der Waals surface area contributed by atoms with E-state index in [1.807, 2.05) is 30.3 Å². The van der Waals surface area contributed by atoms with Gasteiger partial charge in [0.05, 0.1) is 21.7 Å². The number of anilines is 1. The highest BCUT2D eigenvalue weighted by molar-refractivity contribution is 7.80. The highest BCUT2D eigenvalue weighted by Gasteiger charge is 2.16. The minimum atomic E-state index is -0.475. The Labute approximate surface area is 190 Å². The fourth-order valence-corrected chi connectivity index (χ4v) is 3.09. The molecule has 0 spiro atoms. The van der Waals surface area contributed by atoms with Gasteiger partial charge in [0.25, 0.3) is 11.6 Å². The van der Waals surface area contributed by atoms with Crippen LogP contribution in [0.15, 0.2) is 72.8 Å². The molecule has 0 bridgehead atoms. The Balaban J connectivity index is 1.59. The predicted octanol–water partition coefficient (Wildman–Crippen LogP) is 4.49. The van der Waals surface area contributed by atoms with Crippen LogP contribution in [0.1, 0.15) is 15.9 Å². The number of rotatable bonds is 8. The van der Waals surface area contributed by atoms with Gasteiger partial charge in [0, 0.05) is 6.07 Å². The van der Waals surface area contributed by atoms with E-state index in [1.165, 1.54) is 6.07 Å². The largest absolute Gasteiger partial charge is 0.490 e. The monoisotopic (exact) mass is 451 g/mol. The van der Waals surface area contributed by atoms with Crippen molar-refractivity contribution in [1.29, 1.82) is 0 Å². The number of hydrogen-bond donors (Lipinski definition) is 2. The average molecular weight is 452 g/mol. The van der Waals surface area contributed by atoms with E-state index in [0.717, 1.165) is 5.75 Å². The first kappa shape index (κ1) is 22.7. The van der Waals surface area contributed by atoms with Gasteiger partial charge in [-0.05, 0) is 49.5 Å². The average Bonchev–Trinajstić information content (AvgIpc) is 2.79. The van der Waals surface area contributed by atoms with Gasteiger partial charge < -0.3 is 14.8 Å². The first-order chi connectivity index (χ1) is 15.5. The molecule has 0 saturated carbocycles. The molecule has 0 aliphatic heterocycles. The number of nitro groups is 1. The van der Waals surface area contributed by atoms with E-state index < -0.39 is 10.8 Å². The SMILES string of the molecule is Cc1c(NC(=S)NC(=O)c2ccccc2OCCOc2ccccc2)cccc1[N+](=O)[O-]. The van der Waals surface area contributed by atoms with E-state index in [-0.39, 0.29) is 17.4 Å². The van der Waals surface area contributed by atoms with Crippen molar-refractivity contribution < 1.29 is 19.2 Å². The maximum absolute atomic E-state index is 12.7. The molecule has 0 unspecified atom stereocenters. The zero-order valence-electron chi connectivity index (χ0n) is 17.2. The van der Waals surface area contributed by atoms with Crippen LogP contribution in [0.5, 0.6) is 11.5 Å². The summed E-state index contributed by atoms with van der Waals surface area (Å²) in [5.74, 6) is 0.649. The molecular formula is C23H21N3O5S. The predicted molar refractivity (Wildman–Crippen MR) is 125 cm³/mol. The van der Waals surface area contributed by atoms with Crippen molar-refractivity contribution in [2.45, 2.75) is 6.92 Å². The van der Waals surface area contributed by atoms with E-state index in [9.17, 15) is 14.9 Å². The lowest BCUT2D eigenvalue weighted by atomic mass is 10.1. The molecule has 0 heterocycles. The highest BCUT2D eigenvalue weighted by Crippen LogP contribution is 2.25. The first-order valence-corrected chi connectivity index (χ1v) is 10.1. The van der Waals surface area contributed by atoms with Gasteiger partial charge in [-0.1, -0.05) is 36.4 Å². The third-order valence-corrected chi connectivity index (χ3v) is 4.67. The summed E-state index contributed by atoms with van der Waals surface area (Å²) in [6, 6.07) is 20.7. The van der Waals surface area contributed by atoms with Crippen molar-refractivity contribution in [2.75, 3.05) is 18.5 Å². The number of hydrogen-bond acceptors (Lipinski definition) is 6. The molecule has 2 N–H and O–H groups in total. The molecule has 3 aromatic carbocycles. The van der Waals surface area contributed by atoms with Crippen LogP contribution in [0.25, 0.3) is 0 Å². The van der Waals surface area contributed by atoms with E-state index in [4.69, 9.17) is 21.7 Å². The van der Waals surface area contributed by atoms with Crippen molar-refractivity contribution >= 4 is 34.6 Å². The van der Waals surface area contributed by atoms with Gasteiger partial charge in [0.2, 0.25) is 0 Å². The van der Waals surface area contributed by atoms with Crippen molar-refractivity contribution in [3.8, 4) is 11.5 Å². The fourth-order valence-electron chi connectivity index (χ4n) is 2.89. The normalized spacial score (nSPS) is 10.2. The van der Waals surface area contributed by atoms with Gasteiger partial charge >= 0.3 is 0 Å². The molecule has 1 amide bonds. The van der Waals surface area contributed by atoms with Crippen LogP contribution in [0.3, 0.4) is 0 Å². The topological polar surface area (TPSA) is 103 Å². The molecule has 0 aliphatic rings. The molecule has 3 rings (SSSR count). The molecule has 0 aliphatic carbocycles. The third-order valence-electron chi connectivity index (χ3n) is 4.46. The van der Waals surface area contributed by atoms with Crippen molar-refractivity contribution in [1.82, 2.24) is 5.32 Å². The molecule has 8 nitrogen and oxygen atoms in total. The van der Waals surface area contributed by atoms with Gasteiger partial charge in [-0.2, -0.15) is 0 Å². The van der Waals surface area contributed by atoms with Crippen LogP contribution in [-0.2, 0) is 0 Å². The Morgan fingerprint density at radius 2 is 1.66 bits per heavy atom. The van der Waals surface area contributed by atoms with E-state index in [0.29, 0.717) is 29.2 Å². The molecule has 0 radical (unpaired) electrons. The summed E-state index contributed by atoms with van der Waals surface area (Å²) in [6.45, 7) is 2.16. The van der Waals surface area contributed by atoms with E-state index >= 15 is 0 Å². The van der Waals surface area contributed by atoms with Crippen LogP contribution in [0.4, 0.5) is 11.4 Å². The van der Waals surface area contributed by atoms with Gasteiger partial charge in [0.1, 0.15) is 24.7 Å². The highest BCUT2D eigenvalue weighted by atomic mass is 32.1. The van der Waals surface area contributed by atoms with Crippen LogP contribution in [0, 0.1) is 17.0 Å². The minimum Gasteiger partial charge on any atom is -0.490 e. The number of benzene rings is 3. The molecule has 0 atom stereocenters. The van der Waals surface area contributed by atoms with Crippen LogP contribution < -0.4 is 20.1 Å². The quantitative estimate of drug-likeness (QED) is 0.225. The van der Waals surface area contributed by atoms with Gasteiger partial charge in [-0.15, -0.1) is 0 Å². The molecule has 0 fully saturated rings. The molecule has 0 saturated heterocycles. The lowest BCUT2D eigenvalue weighted by Gasteiger charge is -2.14. The summed E-state index contributed by atoms with van der Waals surface area (Å²) in [5.41, 5.74) is 1.11. The number of thiocarbonyl (C=S) groups is 1. The molecule has 9 heteroatoms. The number of nitrogens with one attached hydrogen (secondary N) is 2. The maximum atomic E-state index is 12.7. The zero-order chi connectivity index (χ0) is 22.9. The Morgan fingerprint density at radius 1 is 0.969 bits per heavy atom. The van der Waals surface area contributed by atoms with Gasteiger partial charge in [0.15, 0.2) is 5.11 Å². The van der Waals surface area contributed by atoms with Crippen molar-refractivity contribution in [3.05, 3.63) is 94.0 Å². The number of para-hydroxylation sites is 2. The zero-order valence-corrected chi connectivity index (χ0v) is 18.1. The number of carbonyl (C=O) groups is 1. The summed E-state index contributed by atoms with van der Waals surface area (Å²) in [6.07, 6.45) is 0.